The molecule has 1 unspecified atom stereocenters. The molecule has 0 aliphatic carbocycles. The van der Waals surface area contributed by atoms with Crippen LogP contribution < -0.4 is 0 Å². The Balaban J connectivity index is 1.40. The lowest BCUT2D eigenvalue weighted by molar-refractivity contribution is -0.0138. The fourth-order valence-electron chi connectivity index (χ4n) is 3.32. The maximum Gasteiger partial charge on any atom is 0.320 e. The summed E-state index contributed by atoms with van der Waals surface area (Å²) in [6.07, 6.45) is 4.09. The highest BCUT2D eigenvalue weighted by atomic mass is 16.5. The molecule has 6 heteroatoms. The van der Waals surface area contributed by atoms with E-state index in [9.17, 15) is 4.79 Å². The quantitative estimate of drug-likeness (QED) is 0.750. The van der Waals surface area contributed by atoms with Crippen LogP contribution in [0.3, 0.4) is 0 Å². The van der Waals surface area contributed by atoms with Gasteiger partial charge in [-0.25, -0.2) is 4.79 Å². The Kier molecular flexibility index (Phi) is 5.32. The van der Waals surface area contributed by atoms with Gasteiger partial charge in [0.1, 0.15) is 0 Å². The highest BCUT2D eigenvalue weighted by molar-refractivity contribution is 5.74. The largest absolute Gasteiger partial charge is 0.378 e. The van der Waals surface area contributed by atoms with Gasteiger partial charge in [0.25, 0.3) is 0 Å². The standard InChI is InChI=1S/C15H27N3O3/c19-15(18-8-11-20-12-9-18)17-6-4-16(5-7-17)13-14-3-1-2-10-21-14/h14H,1-13H2. The van der Waals surface area contributed by atoms with Crippen molar-refractivity contribution in [1.29, 1.82) is 0 Å². The van der Waals surface area contributed by atoms with Gasteiger partial charge in [-0.15, -0.1) is 0 Å². The molecular formula is C15H27N3O3. The molecule has 3 aliphatic heterocycles. The van der Waals surface area contributed by atoms with Gasteiger partial charge in [0, 0.05) is 52.4 Å². The second-order valence-corrected chi connectivity index (χ2v) is 6.16. The lowest BCUT2D eigenvalue weighted by atomic mass is 10.1. The summed E-state index contributed by atoms with van der Waals surface area (Å²) in [5.74, 6) is 0. The molecule has 0 aromatic carbocycles. The van der Waals surface area contributed by atoms with Crippen molar-refractivity contribution in [2.45, 2.75) is 25.4 Å². The zero-order valence-corrected chi connectivity index (χ0v) is 12.8. The number of hydrogen-bond donors (Lipinski definition) is 0. The molecule has 2 amide bonds. The number of amides is 2. The molecule has 3 rings (SSSR count). The molecule has 0 N–H and O–H groups in total. The highest BCUT2D eigenvalue weighted by Crippen LogP contribution is 2.15. The molecule has 0 aromatic rings. The number of urea groups is 1. The lowest BCUT2D eigenvalue weighted by Gasteiger charge is -2.39. The Bertz CT molecular complexity index is 333. The third-order valence-corrected chi connectivity index (χ3v) is 4.66. The van der Waals surface area contributed by atoms with Crippen molar-refractivity contribution in [1.82, 2.24) is 14.7 Å². The Hall–Kier alpha value is -0.850. The Morgan fingerprint density at radius 2 is 1.62 bits per heavy atom. The van der Waals surface area contributed by atoms with Gasteiger partial charge in [0.05, 0.1) is 19.3 Å². The van der Waals surface area contributed by atoms with E-state index in [1.807, 2.05) is 9.80 Å². The van der Waals surface area contributed by atoms with Crippen LogP contribution in [0.4, 0.5) is 4.79 Å². The zero-order valence-electron chi connectivity index (χ0n) is 12.8. The first kappa shape index (κ1) is 15.1. The molecule has 0 aromatic heterocycles. The summed E-state index contributed by atoms with van der Waals surface area (Å²) >= 11 is 0. The van der Waals surface area contributed by atoms with Crippen molar-refractivity contribution in [3.8, 4) is 0 Å². The predicted molar refractivity (Wildman–Crippen MR) is 79.4 cm³/mol. The van der Waals surface area contributed by atoms with Gasteiger partial charge >= 0.3 is 6.03 Å². The van der Waals surface area contributed by atoms with Crippen LogP contribution in [0.2, 0.25) is 0 Å². The van der Waals surface area contributed by atoms with E-state index in [2.05, 4.69) is 4.90 Å². The first-order valence-electron chi connectivity index (χ1n) is 8.28. The highest BCUT2D eigenvalue weighted by Gasteiger charge is 2.27. The third-order valence-electron chi connectivity index (χ3n) is 4.66. The summed E-state index contributed by atoms with van der Waals surface area (Å²) in [6, 6.07) is 0.187. The van der Waals surface area contributed by atoms with E-state index >= 15 is 0 Å². The number of piperazine rings is 1. The minimum atomic E-state index is 0.187. The van der Waals surface area contributed by atoms with E-state index < -0.39 is 0 Å². The van der Waals surface area contributed by atoms with Crippen LogP contribution in [-0.4, -0.2) is 92.5 Å². The van der Waals surface area contributed by atoms with Crippen molar-refractivity contribution in [3.05, 3.63) is 0 Å². The van der Waals surface area contributed by atoms with Gasteiger partial charge in [-0.2, -0.15) is 0 Å². The van der Waals surface area contributed by atoms with E-state index in [1.54, 1.807) is 0 Å². The average Bonchev–Trinajstić information content (AvgIpc) is 2.57. The number of ether oxygens (including phenoxy) is 2. The van der Waals surface area contributed by atoms with Crippen LogP contribution in [0, 0.1) is 0 Å². The molecule has 3 heterocycles. The molecule has 1 atom stereocenters. The number of hydrogen-bond acceptors (Lipinski definition) is 4. The van der Waals surface area contributed by atoms with E-state index in [1.165, 1.54) is 19.3 Å². The average molecular weight is 297 g/mol. The van der Waals surface area contributed by atoms with Gasteiger partial charge in [0.2, 0.25) is 0 Å². The SMILES string of the molecule is O=C(N1CCOCC1)N1CCN(CC2CCCCO2)CC1. The van der Waals surface area contributed by atoms with Crippen LogP contribution in [0.5, 0.6) is 0 Å². The molecule has 0 bridgehead atoms. The van der Waals surface area contributed by atoms with E-state index in [-0.39, 0.29) is 6.03 Å². The number of rotatable bonds is 2. The number of carbonyl (C=O) groups is 1. The van der Waals surface area contributed by atoms with Crippen LogP contribution in [-0.2, 0) is 9.47 Å². The first-order valence-corrected chi connectivity index (χ1v) is 8.28. The molecule has 3 fully saturated rings. The summed E-state index contributed by atoms with van der Waals surface area (Å²) in [7, 11) is 0. The Morgan fingerprint density at radius 1 is 0.905 bits per heavy atom. The van der Waals surface area contributed by atoms with Crippen LogP contribution in [0.1, 0.15) is 19.3 Å². The first-order chi connectivity index (χ1) is 10.3. The Labute approximate surface area is 126 Å². The fourth-order valence-corrected chi connectivity index (χ4v) is 3.32. The minimum Gasteiger partial charge on any atom is -0.378 e. The van der Waals surface area contributed by atoms with Gasteiger partial charge in [-0.3, -0.25) is 4.90 Å². The summed E-state index contributed by atoms with van der Waals surface area (Å²) in [5, 5.41) is 0. The van der Waals surface area contributed by atoms with Crippen molar-refractivity contribution in [2.75, 3.05) is 65.6 Å². The smallest absolute Gasteiger partial charge is 0.320 e. The number of nitrogens with zero attached hydrogens (tertiary/aromatic N) is 3. The monoisotopic (exact) mass is 297 g/mol. The molecule has 3 aliphatic rings. The van der Waals surface area contributed by atoms with E-state index in [4.69, 9.17) is 9.47 Å². The number of carbonyl (C=O) groups excluding carboxylic acids is 1. The summed E-state index contributed by atoms with van der Waals surface area (Å²) in [6.45, 7) is 8.36. The van der Waals surface area contributed by atoms with E-state index in [0.29, 0.717) is 19.3 Å². The van der Waals surface area contributed by atoms with Crippen LogP contribution in [0.25, 0.3) is 0 Å². The lowest BCUT2D eigenvalue weighted by Crippen LogP contribution is -2.55. The summed E-state index contributed by atoms with van der Waals surface area (Å²) in [5.41, 5.74) is 0. The molecule has 0 saturated carbocycles. The fraction of sp³-hybridized carbons (Fsp3) is 0.933. The summed E-state index contributed by atoms with van der Waals surface area (Å²) in [4.78, 5) is 18.8. The molecule has 0 spiro atoms. The molecule has 21 heavy (non-hydrogen) atoms. The minimum absolute atomic E-state index is 0.187. The molecule has 120 valence electrons. The van der Waals surface area contributed by atoms with Gasteiger partial charge in [0.15, 0.2) is 0 Å². The molecule has 6 nitrogen and oxygen atoms in total. The van der Waals surface area contributed by atoms with Crippen molar-refractivity contribution in [2.24, 2.45) is 0 Å². The van der Waals surface area contributed by atoms with Crippen molar-refractivity contribution < 1.29 is 14.3 Å². The predicted octanol–water partition coefficient (Wildman–Crippen LogP) is 0.625. The zero-order chi connectivity index (χ0) is 14.5. The van der Waals surface area contributed by atoms with Crippen molar-refractivity contribution >= 4 is 6.03 Å². The van der Waals surface area contributed by atoms with Crippen molar-refractivity contribution in [3.63, 3.8) is 0 Å². The van der Waals surface area contributed by atoms with Gasteiger partial charge in [-0.1, -0.05) is 0 Å². The third kappa shape index (κ3) is 4.08. The van der Waals surface area contributed by atoms with Gasteiger partial charge in [-0.05, 0) is 19.3 Å². The van der Waals surface area contributed by atoms with Crippen LogP contribution >= 0.6 is 0 Å². The normalized spacial score (nSPS) is 28.7. The van der Waals surface area contributed by atoms with Gasteiger partial charge < -0.3 is 19.3 Å². The topological polar surface area (TPSA) is 45.2 Å². The second kappa shape index (κ2) is 7.42. The molecule has 0 radical (unpaired) electrons. The maximum atomic E-state index is 12.4. The maximum absolute atomic E-state index is 12.4. The number of morpholine rings is 1. The molecule has 3 saturated heterocycles. The summed E-state index contributed by atoms with van der Waals surface area (Å²) < 4.78 is 11.1. The van der Waals surface area contributed by atoms with Crippen LogP contribution in [0.15, 0.2) is 0 Å². The van der Waals surface area contributed by atoms with E-state index in [0.717, 1.165) is 52.4 Å². The Morgan fingerprint density at radius 3 is 2.29 bits per heavy atom. The second-order valence-electron chi connectivity index (χ2n) is 6.16. The molecular weight excluding hydrogens is 270 g/mol.